The van der Waals surface area contributed by atoms with Gasteiger partial charge in [-0.1, -0.05) is 47.7 Å². The van der Waals surface area contributed by atoms with Gasteiger partial charge in [0.15, 0.2) is 0 Å². The molecule has 1 saturated carbocycles. The maximum atomic E-state index is 5.55. The van der Waals surface area contributed by atoms with E-state index < -0.39 is 0 Å². The second-order valence-corrected chi connectivity index (χ2v) is 7.28. The molecule has 1 aromatic carbocycles. The average molecular weight is 390 g/mol. The van der Waals surface area contributed by atoms with E-state index in [2.05, 4.69) is 50.1 Å². The van der Waals surface area contributed by atoms with Crippen molar-refractivity contribution >= 4 is 31.9 Å². The van der Waals surface area contributed by atoms with E-state index in [4.69, 9.17) is 4.74 Å². The van der Waals surface area contributed by atoms with E-state index in [0.29, 0.717) is 11.4 Å². The summed E-state index contributed by atoms with van der Waals surface area (Å²) in [4.78, 5) is 0.458. The van der Waals surface area contributed by atoms with Gasteiger partial charge in [-0.2, -0.15) is 0 Å². The highest BCUT2D eigenvalue weighted by atomic mass is 79.9. The number of hydrogen-bond acceptors (Lipinski definition) is 1. The van der Waals surface area contributed by atoms with Gasteiger partial charge in [-0.05, 0) is 59.3 Å². The van der Waals surface area contributed by atoms with Crippen molar-refractivity contribution in [1.82, 2.24) is 0 Å². The second-order valence-electron chi connectivity index (χ2n) is 5.32. The maximum Gasteiger partial charge on any atom is 0.133 e. The third-order valence-corrected chi connectivity index (χ3v) is 5.53. The van der Waals surface area contributed by atoms with Gasteiger partial charge in [-0.3, -0.25) is 0 Å². The van der Waals surface area contributed by atoms with Crippen LogP contribution in [0.3, 0.4) is 0 Å². The fourth-order valence-corrected chi connectivity index (χ4v) is 3.89. The molecule has 19 heavy (non-hydrogen) atoms. The van der Waals surface area contributed by atoms with E-state index in [-0.39, 0.29) is 0 Å². The number of rotatable bonds is 6. The fraction of sp³-hybridized carbons (Fsp3) is 0.625. The van der Waals surface area contributed by atoms with Crippen LogP contribution in [0.2, 0.25) is 0 Å². The minimum Gasteiger partial charge on any atom is -0.493 e. The minimum atomic E-state index is 0.458. The average Bonchev–Trinajstić information content (AvgIpc) is 2.91. The molecule has 0 radical (unpaired) electrons. The van der Waals surface area contributed by atoms with Crippen molar-refractivity contribution in [2.24, 2.45) is 5.92 Å². The predicted octanol–water partition coefficient (Wildman–Crippen LogP) is 6.25. The quantitative estimate of drug-likeness (QED) is 0.522. The number of ether oxygens (including phenoxy) is 1. The Morgan fingerprint density at radius 2 is 2.05 bits per heavy atom. The van der Waals surface area contributed by atoms with Crippen LogP contribution in [0.15, 0.2) is 22.7 Å². The largest absolute Gasteiger partial charge is 0.493 e. The Balaban J connectivity index is 1.90. The van der Waals surface area contributed by atoms with Gasteiger partial charge in [0, 0.05) is 4.83 Å². The predicted molar refractivity (Wildman–Crippen MR) is 88.2 cm³/mol. The molecule has 1 fully saturated rings. The number of hydrogen-bond donors (Lipinski definition) is 0. The van der Waals surface area contributed by atoms with Crippen LogP contribution in [0.1, 0.15) is 55.8 Å². The van der Waals surface area contributed by atoms with Crippen LogP contribution in [-0.4, -0.2) is 6.61 Å². The monoisotopic (exact) mass is 388 g/mol. The Bertz CT molecular complexity index is 400. The Hall–Kier alpha value is -0.0200. The fourth-order valence-electron chi connectivity index (χ4n) is 2.83. The molecule has 0 aromatic heterocycles. The van der Waals surface area contributed by atoms with Gasteiger partial charge in [0.1, 0.15) is 5.75 Å². The molecule has 0 amide bonds. The molecule has 1 atom stereocenters. The number of alkyl halides is 1. The molecule has 0 spiro atoms. The summed E-state index contributed by atoms with van der Waals surface area (Å²) >= 11 is 7.42. The van der Waals surface area contributed by atoms with E-state index in [1.807, 2.05) is 6.92 Å². The summed E-state index contributed by atoms with van der Waals surface area (Å²) in [5.74, 6) is 1.90. The number of benzene rings is 1. The van der Waals surface area contributed by atoms with Gasteiger partial charge >= 0.3 is 0 Å². The molecule has 1 aromatic rings. The van der Waals surface area contributed by atoms with Gasteiger partial charge in [0.25, 0.3) is 0 Å². The SMILES string of the molecule is CCOc1ccc(C(Br)CCC2CCCC2)cc1Br. The van der Waals surface area contributed by atoms with Crippen molar-refractivity contribution in [3.8, 4) is 5.75 Å². The molecule has 0 bridgehead atoms. The van der Waals surface area contributed by atoms with E-state index in [9.17, 15) is 0 Å². The van der Waals surface area contributed by atoms with Crippen molar-refractivity contribution in [3.63, 3.8) is 0 Å². The first kappa shape index (κ1) is 15.4. The Kier molecular flexibility index (Phi) is 6.21. The maximum absolute atomic E-state index is 5.55. The third kappa shape index (κ3) is 4.49. The van der Waals surface area contributed by atoms with Crippen molar-refractivity contribution < 1.29 is 4.74 Å². The Morgan fingerprint density at radius 1 is 1.32 bits per heavy atom. The molecule has 1 unspecified atom stereocenters. The summed E-state index contributed by atoms with van der Waals surface area (Å²) < 4.78 is 6.60. The summed E-state index contributed by atoms with van der Waals surface area (Å²) in [7, 11) is 0. The number of halogens is 2. The molecule has 1 nitrogen and oxygen atoms in total. The second kappa shape index (κ2) is 7.68. The molecule has 3 heteroatoms. The van der Waals surface area contributed by atoms with Crippen LogP contribution >= 0.6 is 31.9 Å². The summed E-state index contributed by atoms with van der Waals surface area (Å²) in [6, 6.07) is 6.41. The van der Waals surface area contributed by atoms with Gasteiger partial charge in [-0.25, -0.2) is 0 Å². The molecule has 0 saturated heterocycles. The van der Waals surface area contributed by atoms with Crippen molar-refractivity contribution in [3.05, 3.63) is 28.2 Å². The summed E-state index contributed by atoms with van der Waals surface area (Å²) in [6.07, 6.45) is 8.32. The van der Waals surface area contributed by atoms with E-state index in [1.165, 1.54) is 44.1 Å². The lowest BCUT2D eigenvalue weighted by Crippen LogP contribution is -1.98. The lowest BCUT2D eigenvalue weighted by Gasteiger charge is -2.15. The molecule has 106 valence electrons. The first-order valence-corrected chi connectivity index (χ1v) is 8.98. The molecule has 0 heterocycles. The van der Waals surface area contributed by atoms with Crippen LogP contribution in [-0.2, 0) is 0 Å². The molecule has 1 aliphatic rings. The Labute approximate surface area is 133 Å². The van der Waals surface area contributed by atoms with E-state index in [0.717, 1.165) is 16.1 Å². The van der Waals surface area contributed by atoms with E-state index in [1.54, 1.807) is 0 Å². The smallest absolute Gasteiger partial charge is 0.133 e. The third-order valence-electron chi connectivity index (χ3n) is 3.92. The topological polar surface area (TPSA) is 9.23 Å². The van der Waals surface area contributed by atoms with Gasteiger partial charge < -0.3 is 4.74 Å². The zero-order chi connectivity index (χ0) is 13.7. The van der Waals surface area contributed by atoms with Crippen LogP contribution < -0.4 is 4.74 Å². The van der Waals surface area contributed by atoms with Gasteiger partial charge in [0.2, 0.25) is 0 Å². The molecular formula is C16H22Br2O. The summed E-state index contributed by atoms with van der Waals surface area (Å²) in [6.45, 7) is 2.71. The lowest BCUT2D eigenvalue weighted by molar-refractivity contribution is 0.338. The molecular weight excluding hydrogens is 368 g/mol. The van der Waals surface area contributed by atoms with Crippen molar-refractivity contribution in [2.75, 3.05) is 6.61 Å². The van der Waals surface area contributed by atoms with Gasteiger partial charge in [0.05, 0.1) is 11.1 Å². The minimum absolute atomic E-state index is 0.458. The molecule has 0 aliphatic heterocycles. The first-order valence-electron chi connectivity index (χ1n) is 7.27. The zero-order valence-electron chi connectivity index (χ0n) is 11.5. The summed E-state index contributed by atoms with van der Waals surface area (Å²) in [5, 5.41) is 0. The lowest BCUT2D eigenvalue weighted by atomic mass is 9.98. The van der Waals surface area contributed by atoms with Gasteiger partial charge in [-0.15, -0.1) is 0 Å². The highest BCUT2D eigenvalue weighted by molar-refractivity contribution is 9.10. The molecule has 1 aliphatic carbocycles. The Morgan fingerprint density at radius 3 is 2.68 bits per heavy atom. The van der Waals surface area contributed by atoms with E-state index >= 15 is 0 Å². The van der Waals surface area contributed by atoms with Crippen molar-refractivity contribution in [1.29, 1.82) is 0 Å². The highest BCUT2D eigenvalue weighted by Crippen LogP contribution is 2.37. The van der Waals surface area contributed by atoms with Crippen LogP contribution in [0.4, 0.5) is 0 Å². The molecule has 0 N–H and O–H groups in total. The first-order chi connectivity index (χ1) is 9.20. The van der Waals surface area contributed by atoms with Crippen LogP contribution in [0.25, 0.3) is 0 Å². The summed E-state index contributed by atoms with van der Waals surface area (Å²) in [5.41, 5.74) is 1.34. The standard InChI is InChI=1S/C16H22Br2O/c1-2-19-16-10-8-13(11-15(16)18)14(17)9-7-12-5-3-4-6-12/h8,10-12,14H,2-7,9H2,1H3. The van der Waals surface area contributed by atoms with Crippen LogP contribution in [0, 0.1) is 5.92 Å². The zero-order valence-corrected chi connectivity index (χ0v) is 14.7. The van der Waals surface area contributed by atoms with Crippen LogP contribution in [0.5, 0.6) is 5.75 Å². The highest BCUT2D eigenvalue weighted by Gasteiger charge is 2.17. The van der Waals surface area contributed by atoms with Crippen molar-refractivity contribution in [2.45, 2.75) is 50.3 Å². The normalized spacial score (nSPS) is 17.6. The molecule has 2 rings (SSSR count).